The number of benzene rings is 2. The van der Waals surface area contributed by atoms with E-state index in [0.29, 0.717) is 0 Å². The minimum Gasteiger partial charge on any atom is -0.497 e. The zero-order chi connectivity index (χ0) is 15.9. The monoisotopic (exact) mass is 298 g/mol. The molecule has 0 heterocycles. The highest BCUT2D eigenvalue weighted by molar-refractivity contribution is 5.30. The lowest BCUT2D eigenvalue weighted by Gasteiger charge is -2.21. The zero-order valence-corrected chi connectivity index (χ0v) is 13.0. The molecular weight excluding hydrogens is 276 g/mol. The van der Waals surface area contributed by atoms with E-state index in [2.05, 4.69) is 6.58 Å². The van der Waals surface area contributed by atoms with Gasteiger partial charge in [-0.15, -0.1) is 6.58 Å². The van der Waals surface area contributed by atoms with Gasteiger partial charge in [-0.3, -0.25) is 0 Å². The van der Waals surface area contributed by atoms with Gasteiger partial charge in [0.25, 0.3) is 0 Å². The minimum atomic E-state index is -0.696. The molecule has 0 aliphatic heterocycles. The van der Waals surface area contributed by atoms with Crippen LogP contribution < -0.4 is 9.47 Å². The Morgan fingerprint density at radius 1 is 1.05 bits per heavy atom. The summed E-state index contributed by atoms with van der Waals surface area (Å²) in [6.45, 7) is 5.58. The Morgan fingerprint density at radius 3 is 2.18 bits per heavy atom. The molecule has 22 heavy (non-hydrogen) atoms. The second-order valence-electron chi connectivity index (χ2n) is 5.18. The van der Waals surface area contributed by atoms with Crippen molar-refractivity contribution in [2.75, 3.05) is 7.11 Å². The van der Waals surface area contributed by atoms with Gasteiger partial charge in [0.15, 0.2) is 0 Å². The van der Waals surface area contributed by atoms with Crippen LogP contribution in [0.15, 0.2) is 61.2 Å². The van der Waals surface area contributed by atoms with Crippen LogP contribution in [0.2, 0.25) is 0 Å². The number of rotatable bonds is 7. The van der Waals surface area contributed by atoms with Crippen LogP contribution in [-0.2, 0) is 6.42 Å². The Morgan fingerprint density at radius 2 is 1.64 bits per heavy atom. The predicted molar refractivity (Wildman–Crippen MR) is 88.4 cm³/mol. The molecule has 2 atom stereocenters. The molecule has 2 aromatic rings. The highest BCUT2D eigenvalue weighted by Gasteiger charge is 2.18. The summed E-state index contributed by atoms with van der Waals surface area (Å²) in [5.74, 6) is 1.51. The third-order valence-corrected chi connectivity index (χ3v) is 3.53. The Labute approximate surface area is 131 Å². The van der Waals surface area contributed by atoms with E-state index in [-0.39, 0.29) is 6.10 Å². The van der Waals surface area contributed by atoms with Crippen LogP contribution >= 0.6 is 0 Å². The van der Waals surface area contributed by atoms with Crippen LogP contribution in [0.1, 0.15) is 24.2 Å². The molecule has 0 spiro atoms. The maximum Gasteiger partial charge on any atom is 0.126 e. The fourth-order valence-electron chi connectivity index (χ4n) is 2.22. The Hall–Kier alpha value is -2.26. The largest absolute Gasteiger partial charge is 0.497 e. The van der Waals surface area contributed by atoms with Crippen LogP contribution in [0, 0.1) is 0 Å². The first-order valence-corrected chi connectivity index (χ1v) is 7.32. The zero-order valence-electron chi connectivity index (χ0n) is 13.0. The van der Waals surface area contributed by atoms with Crippen molar-refractivity contribution in [1.82, 2.24) is 0 Å². The third-order valence-electron chi connectivity index (χ3n) is 3.53. The molecule has 0 radical (unpaired) electrons. The van der Waals surface area contributed by atoms with E-state index in [1.807, 2.05) is 61.5 Å². The molecule has 0 fully saturated rings. The standard InChI is InChI=1S/C19H22O3/c1-4-5-15-6-10-18(11-7-15)22-14(2)19(20)16-8-12-17(21-3)13-9-16/h4,6-14,19-20H,1,5H2,2-3H3/t14-,19+/m0/s1. The predicted octanol–water partition coefficient (Wildman–Crippen LogP) is 3.92. The lowest BCUT2D eigenvalue weighted by molar-refractivity contribution is 0.0467. The first kappa shape index (κ1) is 16.1. The SMILES string of the molecule is C=CCc1ccc(O[C@@H](C)[C@@H](O)c2ccc(OC)cc2)cc1. The molecular formula is C19H22O3. The summed E-state index contributed by atoms with van der Waals surface area (Å²) < 4.78 is 10.9. The quantitative estimate of drug-likeness (QED) is 0.787. The van der Waals surface area contributed by atoms with Crippen LogP contribution in [0.3, 0.4) is 0 Å². The average molecular weight is 298 g/mol. The summed E-state index contributed by atoms with van der Waals surface area (Å²) in [5.41, 5.74) is 1.99. The van der Waals surface area contributed by atoms with E-state index >= 15 is 0 Å². The second kappa shape index (κ2) is 7.66. The summed E-state index contributed by atoms with van der Waals surface area (Å²) in [6.07, 6.45) is 1.66. The number of hydrogen-bond acceptors (Lipinski definition) is 3. The summed E-state index contributed by atoms with van der Waals surface area (Å²) in [7, 11) is 1.62. The fourth-order valence-corrected chi connectivity index (χ4v) is 2.22. The van der Waals surface area contributed by atoms with Gasteiger partial charge in [-0.1, -0.05) is 30.3 Å². The van der Waals surface area contributed by atoms with Crippen molar-refractivity contribution in [3.63, 3.8) is 0 Å². The highest BCUT2D eigenvalue weighted by atomic mass is 16.5. The van der Waals surface area contributed by atoms with E-state index < -0.39 is 6.10 Å². The van der Waals surface area contributed by atoms with Crippen molar-refractivity contribution in [3.8, 4) is 11.5 Å². The van der Waals surface area contributed by atoms with E-state index in [0.717, 1.165) is 23.5 Å². The van der Waals surface area contributed by atoms with Gasteiger partial charge < -0.3 is 14.6 Å². The van der Waals surface area contributed by atoms with Gasteiger partial charge in [0.2, 0.25) is 0 Å². The summed E-state index contributed by atoms with van der Waals surface area (Å²) in [4.78, 5) is 0. The molecule has 1 N–H and O–H groups in total. The molecule has 0 aliphatic rings. The molecule has 0 saturated carbocycles. The van der Waals surface area contributed by atoms with Gasteiger partial charge in [-0.2, -0.15) is 0 Å². The van der Waals surface area contributed by atoms with Crippen molar-refractivity contribution in [1.29, 1.82) is 0 Å². The maximum absolute atomic E-state index is 10.4. The second-order valence-corrected chi connectivity index (χ2v) is 5.18. The van der Waals surface area contributed by atoms with Crippen LogP contribution in [0.5, 0.6) is 11.5 Å². The van der Waals surface area contributed by atoms with Crippen LogP contribution in [-0.4, -0.2) is 18.3 Å². The number of methoxy groups -OCH3 is 1. The van der Waals surface area contributed by atoms with E-state index in [9.17, 15) is 5.11 Å². The van der Waals surface area contributed by atoms with Gasteiger partial charge in [0.05, 0.1) is 7.11 Å². The molecule has 3 nitrogen and oxygen atoms in total. The summed E-state index contributed by atoms with van der Waals surface area (Å²) in [6, 6.07) is 15.2. The molecule has 0 aromatic heterocycles. The Bertz CT molecular complexity index is 587. The van der Waals surface area contributed by atoms with Crippen molar-refractivity contribution >= 4 is 0 Å². The number of ether oxygens (including phenoxy) is 2. The Kier molecular flexibility index (Phi) is 5.61. The summed E-state index contributed by atoms with van der Waals surface area (Å²) in [5, 5.41) is 10.4. The highest BCUT2D eigenvalue weighted by Crippen LogP contribution is 2.24. The number of aliphatic hydroxyl groups excluding tert-OH is 1. The topological polar surface area (TPSA) is 38.7 Å². The van der Waals surface area contributed by atoms with Gasteiger partial charge >= 0.3 is 0 Å². The summed E-state index contributed by atoms with van der Waals surface area (Å²) >= 11 is 0. The normalized spacial score (nSPS) is 13.2. The molecule has 2 rings (SSSR count). The first-order chi connectivity index (χ1) is 10.6. The third kappa shape index (κ3) is 4.12. The molecule has 0 unspecified atom stereocenters. The molecule has 0 aliphatic carbocycles. The van der Waals surface area contributed by atoms with E-state index in [4.69, 9.17) is 9.47 Å². The number of allylic oxidation sites excluding steroid dienone is 1. The molecule has 0 saturated heterocycles. The molecule has 116 valence electrons. The first-order valence-electron chi connectivity index (χ1n) is 7.32. The molecule has 0 bridgehead atoms. The van der Waals surface area contributed by atoms with Crippen LogP contribution in [0.25, 0.3) is 0 Å². The van der Waals surface area contributed by atoms with E-state index in [1.54, 1.807) is 7.11 Å². The Balaban J connectivity index is 2.00. The number of aliphatic hydroxyl groups is 1. The van der Waals surface area contributed by atoms with Gasteiger partial charge in [0, 0.05) is 0 Å². The number of hydrogen-bond donors (Lipinski definition) is 1. The van der Waals surface area contributed by atoms with E-state index in [1.165, 1.54) is 5.56 Å². The lowest BCUT2D eigenvalue weighted by atomic mass is 10.1. The molecule has 2 aromatic carbocycles. The van der Waals surface area contributed by atoms with Gasteiger partial charge in [-0.05, 0) is 48.7 Å². The maximum atomic E-state index is 10.4. The van der Waals surface area contributed by atoms with Gasteiger partial charge in [-0.25, -0.2) is 0 Å². The fraction of sp³-hybridized carbons (Fsp3) is 0.263. The van der Waals surface area contributed by atoms with Crippen molar-refractivity contribution < 1.29 is 14.6 Å². The van der Waals surface area contributed by atoms with Crippen LogP contribution in [0.4, 0.5) is 0 Å². The van der Waals surface area contributed by atoms with Gasteiger partial charge in [0.1, 0.15) is 23.7 Å². The van der Waals surface area contributed by atoms with Crippen molar-refractivity contribution in [2.24, 2.45) is 0 Å². The van der Waals surface area contributed by atoms with Crippen molar-refractivity contribution in [3.05, 3.63) is 72.3 Å². The smallest absolute Gasteiger partial charge is 0.126 e. The van der Waals surface area contributed by atoms with Crippen molar-refractivity contribution in [2.45, 2.75) is 25.6 Å². The lowest BCUT2D eigenvalue weighted by Crippen LogP contribution is -2.21. The minimum absolute atomic E-state index is 0.348. The average Bonchev–Trinajstić information content (AvgIpc) is 2.56. The molecule has 0 amide bonds. The molecule has 3 heteroatoms.